The molecule has 0 amide bonds. The smallest absolute Gasteiger partial charge is 0.233 e. The van der Waals surface area contributed by atoms with Crippen LogP contribution in [0.4, 0.5) is 4.39 Å². The molecular formula is C24H26FN7O2S2Si. The van der Waals surface area contributed by atoms with E-state index in [0.717, 1.165) is 27.3 Å². The van der Waals surface area contributed by atoms with E-state index in [2.05, 4.69) is 45.1 Å². The lowest BCUT2D eigenvalue weighted by molar-refractivity contribution is 0.0799. The van der Waals surface area contributed by atoms with Gasteiger partial charge in [0.2, 0.25) is 5.88 Å². The van der Waals surface area contributed by atoms with E-state index in [1.54, 1.807) is 18.3 Å². The van der Waals surface area contributed by atoms with Crippen molar-refractivity contribution in [2.24, 2.45) is 0 Å². The van der Waals surface area contributed by atoms with Gasteiger partial charge in [0.25, 0.3) is 0 Å². The molecule has 0 atom stereocenters. The van der Waals surface area contributed by atoms with Crippen LogP contribution >= 0.6 is 22.7 Å². The van der Waals surface area contributed by atoms with Crippen LogP contribution in [-0.2, 0) is 18.1 Å². The Morgan fingerprint density at radius 1 is 1.14 bits per heavy atom. The first-order valence-corrected chi connectivity index (χ1v) is 17.1. The van der Waals surface area contributed by atoms with E-state index < -0.39 is 13.9 Å². The number of aromatic nitrogens is 7. The van der Waals surface area contributed by atoms with E-state index in [1.807, 2.05) is 18.4 Å². The minimum atomic E-state index is -1.20. The molecule has 4 heterocycles. The number of benzene rings is 1. The highest BCUT2D eigenvalue weighted by atomic mass is 32.1. The first kappa shape index (κ1) is 25.5. The summed E-state index contributed by atoms with van der Waals surface area (Å²) in [5.74, 6) is 0.0424. The van der Waals surface area contributed by atoms with Crippen molar-refractivity contribution in [2.75, 3.05) is 6.61 Å². The molecule has 0 aliphatic carbocycles. The van der Waals surface area contributed by atoms with Crippen molar-refractivity contribution in [3.05, 3.63) is 52.4 Å². The molecular weight excluding hydrogens is 530 g/mol. The second kappa shape index (κ2) is 10.7. The first-order chi connectivity index (χ1) is 17.8. The predicted octanol–water partition coefficient (Wildman–Crippen LogP) is 5.81. The normalized spacial score (nSPS) is 11.9. The number of fused-ring (bicyclic) bond motifs is 1. The Morgan fingerprint density at radius 2 is 2.00 bits per heavy atom. The molecule has 0 bridgehead atoms. The Kier molecular flexibility index (Phi) is 7.37. The quantitative estimate of drug-likeness (QED) is 0.157. The average molecular weight is 556 g/mol. The molecule has 0 saturated heterocycles. The highest BCUT2D eigenvalue weighted by Gasteiger charge is 2.18. The number of hydrogen-bond acceptors (Lipinski definition) is 10. The molecule has 1 aromatic carbocycles. The highest BCUT2D eigenvalue weighted by molar-refractivity contribution is 7.16. The van der Waals surface area contributed by atoms with Crippen molar-refractivity contribution < 1.29 is 13.9 Å². The fourth-order valence-corrected chi connectivity index (χ4v) is 6.14. The van der Waals surface area contributed by atoms with E-state index in [0.29, 0.717) is 40.7 Å². The van der Waals surface area contributed by atoms with Gasteiger partial charge in [0.15, 0.2) is 5.82 Å². The molecule has 0 fully saturated rings. The summed E-state index contributed by atoms with van der Waals surface area (Å²) in [5.41, 5.74) is 3.11. The molecule has 5 rings (SSSR count). The molecule has 9 nitrogen and oxygen atoms in total. The molecule has 4 aromatic heterocycles. The van der Waals surface area contributed by atoms with Crippen LogP contribution in [0.1, 0.15) is 10.7 Å². The average Bonchev–Trinajstić information content (AvgIpc) is 3.59. The number of hydrogen-bond donors (Lipinski definition) is 0. The summed E-state index contributed by atoms with van der Waals surface area (Å²) < 4.78 is 28.0. The predicted molar refractivity (Wildman–Crippen MR) is 145 cm³/mol. The standard InChI is InChI=1S/C24H26FN7O2S2Si/c1-15-23(36-21(27-15)12-34-20-6-5-7-26-30-20)19-13-35-24(28-19)16-10-17(25)22-18(11-16)29-31-32(22)14-33-8-9-37(2,3)4/h5-7,10-11,13H,8-9,12,14H2,1-4H3. The summed E-state index contributed by atoms with van der Waals surface area (Å²) in [6.45, 7) is 9.90. The van der Waals surface area contributed by atoms with Crippen LogP contribution in [0, 0.1) is 12.7 Å². The number of halogens is 1. The summed E-state index contributed by atoms with van der Waals surface area (Å²) in [7, 11) is -1.20. The van der Waals surface area contributed by atoms with E-state index >= 15 is 4.39 Å². The lowest BCUT2D eigenvalue weighted by Gasteiger charge is -2.15. The van der Waals surface area contributed by atoms with Gasteiger partial charge in [0.1, 0.15) is 34.4 Å². The maximum Gasteiger partial charge on any atom is 0.233 e. The topological polar surface area (TPSA) is 101 Å². The molecule has 5 aromatic rings. The first-order valence-electron chi connectivity index (χ1n) is 11.7. The minimum absolute atomic E-state index is 0.173. The van der Waals surface area contributed by atoms with Crippen molar-refractivity contribution in [1.29, 1.82) is 0 Å². The number of rotatable bonds is 10. The number of thiazole rings is 2. The summed E-state index contributed by atoms with van der Waals surface area (Å²) in [6.07, 6.45) is 1.59. The number of aryl methyl sites for hydroxylation is 1. The van der Waals surface area contributed by atoms with Gasteiger partial charge < -0.3 is 9.47 Å². The lowest BCUT2D eigenvalue weighted by Crippen LogP contribution is -2.22. The molecule has 13 heteroatoms. The maximum absolute atomic E-state index is 15.1. The van der Waals surface area contributed by atoms with E-state index in [-0.39, 0.29) is 6.73 Å². The van der Waals surface area contributed by atoms with Crippen LogP contribution < -0.4 is 4.74 Å². The Bertz CT molecular complexity index is 1510. The van der Waals surface area contributed by atoms with Crippen molar-refractivity contribution in [3.63, 3.8) is 0 Å². The van der Waals surface area contributed by atoms with Crippen molar-refractivity contribution in [3.8, 4) is 27.0 Å². The lowest BCUT2D eigenvalue weighted by atomic mass is 10.2. The number of ether oxygens (including phenoxy) is 2. The SMILES string of the molecule is Cc1nc(COc2cccnn2)sc1-c1csc(-c2cc(F)c3c(c2)nnn3COCC[Si](C)(C)C)n1. The minimum Gasteiger partial charge on any atom is -0.469 e. The highest BCUT2D eigenvalue weighted by Crippen LogP contribution is 2.35. The zero-order chi connectivity index (χ0) is 26.0. The Hall–Kier alpha value is -3.13. The van der Waals surface area contributed by atoms with Crippen LogP contribution in [0.2, 0.25) is 25.7 Å². The van der Waals surface area contributed by atoms with Gasteiger partial charge in [-0.1, -0.05) is 24.9 Å². The fraction of sp³-hybridized carbons (Fsp3) is 0.333. The van der Waals surface area contributed by atoms with Crippen molar-refractivity contribution in [1.82, 2.24) is 35.2 Å². The van der Waals surface area contributed by atoms with E-state index in [1.165, 1.54) is 33.4 Å². The van der Waals surface area contributed by atoms with Gasteiger partial charge in [-0.2, -0.15) is 5.10 Å². The zero-order valence-corrected chi connectivity index (χ0v) is 23.6. The van der Waals surface area contributed by atoms with Gasteiger partial charge >= 0.3 is 0 Å². The monoisotopic (exact) mass is 555 g/mol. The van der Waals surface area contributed by atoms with Gasteiger partial charge in [0, 0.05) is 37.9 Å². The molecule has 0 unspecified atom stereocenters. The summed E-state index contributed by atoms with van der Waals surface area (Å²) >= 11 is 2.95. The van der Waals surface area contributed by atoms with Gasteiger partial charge in [-0.3, -0.25) is 0 Å². The third kappa shape index (κ3) is 6.06. The van der Waals surface area contributed by atoms with Crippen LogP contribution in [0.25, 0.3) is 32.2 Å². The third-order valence-electron chi connectivity index (χ3n) is 5.49. The molecule has 0 N–H and O–H groups in total. The van der Waals surface area contributed by atoms with Crippen LogP contribution in [0.3, 0.4) is 0 Å². The molecule has 0 aliphatic rings. The van der Waals surface area contributed by atoms with Gasteiger partial charge in [-0.25, -0.2) is 19.0 Å². The van der Waals surface area contributed by atoms with Gasteiger partial charge in [-0.15, -0.1) is 32.9 Å². The van der Waals surface area contributed by atoms with Gasteiger partial charge in [0.05, 0.1) is 16.3 Å². The van der Waals surface area contributed by atoms with E-state index in [9.17, 15) is 0 Å². The zero-order valence-electron chi connectivity index (χ0n) is 20.9. The van der Waals surface area contributed by atoms with Crippen molar-refractivity contribution >= 4 is 41.8 Å². The van der Waals surface area contributed by atoms with Crippen LogP contribution in [0.5, 0.6) is 5.88 Å². The molecule has 0 radical (unpaired) electrons. The molecule has 192 valence electrons. The molecule has 0 aliphatic heterocycles. The largest absolute Gasteiger partial charge is 0.469 e. The summed E-state index contributed by atoms with van der Waals surface area (Å²) in [4.78, 5) is 10.3. The van der Waals surface area contributed by atoms with E-state index in [4.69, 9.17) is 14.5 Å². The van der Waals surface area contributed by atoms with Crippen LogP contribution in [0.15, 0.2) is 35.8 Å². The second-order valence-electron chi connectivity index (χ2n) is 9.67. The fourth-order valence-electron chi connectivity index (χ4n) is 3.57. The Balaban J connectivity index is 1.31. The maximum atomic E-state index is 15.1. The third-order valence-corrected chi connectivity index (χ3v) is 9.24. The summed E-state index contributed by atoms with van der Waals surface area (Å²) in [5, 5.41) is 19.5. The second-order valence-corrected chi connectivity index (χ2v) is 17.2. The van der Waals surface area contributed by atoms with Crippen LogP contribution in [-0.4, -0.2) is 49.8 Å². The van der Waals surface area contributed by atoms with Crippen molar-refractivity contribution in [2.45, 2.75) is 45.9 Å². The van der Waals surface area contributed by atoms with Gasteiger partial charge in [-0.05, 0) is 31.2 Å². The molecule has 0 spiro atoms. The summed E-state index contributed by atoms with van der Waals surface area (Å²) in [6, 6.07) is 7.84. The number of nitrogens with zero attached hydrogens (tertiary/aromatic N) is 7. The molecule has 0 saturated carbocycles. The Morgan fingerprint density at radius 3 is 2.78 bits per heavy atom. The molecule has 37 heavy (non-hydrogen) atoms. The Labute approximate surface area is 222 Å².